The number of benzene rings is 1. The number of nitro benzene ring substituents is 1. The van der Waals surface area contributed by atoms with Gasteiger partial charge in [-0.05, 0) is 43.4 Å². The van der Waals surface area contributed by atoms with E-state index in [1.807, 2.05) is 6.92 Å². The Kier molecular flexibility index (Phi) is 5.79. The van der Waals surface area contributed by atoms with E-state index in [4.69, 9.17) is 5.73 Å². The van der Waals surface area contributed by atoms with Gasteiger partial charge in [-0.3, -0.25) is 10.1 Å². The van der Waals surface area contributed by atoms with E-state index in [2.05, 4.69) is 0 Å². The van der Waals surface area contributed by atoms with Crippen LogP contribution in [-0.4, -0.2) is 37.3 Å². The van der Waals surface area contributed by atoms with Crippen LogP contribution in [0.1, 0.15) is 24.5 Å². The summed E-state index contributed by atoms with van der Waals surface area (Å²) < 4.78 is 27.1. The molecule has 1 unspecified atom stereocenters. The minimum atomic E-state index is -3.76. The molecule has 2 N–H and O–H groups in total. The van der Waals surface area contributed by atoms with Gasteiger partial charge in [-0.15, -0.1) is 12.4 Å². The fourth-order valence-electron chi connectivity index (χ4n) is 2.67. The zero-order chi connectivity index (χ0) is 16.7. The van der Waals surface area contributed by atoms with Gasteiger partial charge >= 0.3 is 0 Å². The number of sulfonamides is 1. The van der Waals surface area contributed by atoms with E-state index >= 15 is 0 Å². The average Bonchev–Trinajstić information content (AvgIpc) is 2.85. The Hall–Kier alpha value is -1.22. The standard InChI is InChI=1S/C14H21N3O4S.ClH/c1-10-6-12(17(18)19)7-13(11(10)2)22(20,21)16-5-4-14(3,8-15)9-16;/h6-7H,4-5,8-9,15H2,1-3H3;1H. The van der Waals surface area contributed by atoms with E-state index in [9.17, 15) is 18.5 Å². The van der Waals surface area contributed by atoms with Gasteiger partial charge in [-0.2, -0.15) is 4.31 Å². The van der Waals surface area contributed by atoms with Gasteiger partial charge in [0.1, 0.15) is 0 Å². The third kappa shape index (κ3) is 3.65. The highest BCUT2D eigenvalue weighted by Gasteiger charge is 2.40. The van der Waals surface area contributed by atoms with E-state index in [0.29, 0.717) is 37.2 Å². The van der Waals surface area contributed by atoms with Gasteiger partial charge in [0.05, 0.1) is 9.82 Å². The maximum Gasteiger partial charge on any atom is 0.271 e. The fraction of sp³-hybridized carbons (Fsp3) is 0.571. The van der Waals surface area contributed by atoms with Crippen LogP contribution in [0.2, 0.25) is 0 Å². The molecule has 1 aliphatic heterocycles. The number of non-ortho nitro benzene ring substituents is 1. The third-order valence-electron chi connectivity index (χ3n) is 4.45. The molecule has 7 nitrogen and oxygen atoms in total. The molecule has 0 spiro atoms. The number of halogens is 1. The number of hydrogen-bond donors (Lipinski definition) is 1. The van der Waals surface area contributed by atoms with Gasteiger partial charge in [0.15, 0.2) is 0 Å². The lowest BCUT2D eigenvalue weighted by molar-refractivity contribution is -0.385. The van der Waals surface area contributed by atoms with Crippen LogP contribution < -0.4 is 5.73 Å². The highest BCUT2D eigenvalue weighted by atomic mass is 35.5. The number of rotatable bonds is 4. The molecule has 1 fully saturated rings. The molecular weight excluding hydrogens is 342 g/mol. The molecular formula is C14H22ClN3O4S. The van der Waals surface area contributed by atoms with Crippen molar-refractivity contribution < 1.29 is 13.3 Å². The molecule has 2 rings (SSSR count). The Morgan fingerprint density at radius 1 is 1.39 bits per heavy atom. The monoisotopic (exact) mass is 363 g/mol. The lowest BCUT2D eigenvalue weighted by Gasteiger charge is -2.23. The lowest BCUT2D eigenvalue weighted by Crippen LogP contribution is -2.34. The first-order chi connectivity index (χ1) is 10.1. The van der Waals surface area contributed by atoms with Crippen molar-refractivity contribution in [3.8, 4) is 0 Å². The average molecular weight is 364 g/mol. The predicted octanol–water partition coefficient (Wildman–Crippen LogP) is 1.99. The zero-order valence-corrected chi connectivity index (χ0v) is 15.0. The number of nitro groups is 1. The van der Waals surface area contributed by atoms with Crippen molar-refractivity contribution in [1.29, 1.82) is 0 Å². The smallest absolute Gasteiger partial charge is 0.271 e. The summed E-state index contributed by atoms with van der Waals surface area (Å²) in [6, 6.07) is 2.54. The minimum Gasteiger partial charge on any atom is -0.330 e. The molecule has 1 saturated heterocycles. The van der Waals surface area contributed by atoms with Crippen LogP contribution in [0.15, 0.2) is 17.0 Å². The molecule has 23 heavy (non-hydrogen) atoms. The molecule has 1 atom stereocenters. The van der Waals surface area contributed by atoms with Gasteiger partial charge in [0.2, 0.25) is 10.0 Å². The van der Waals surface area contributed by atoms with E-state index in [1.165, 1.54) is 10.4 Å². The highest BCUT2D eigenvalue weighted by molar-refractivity contribution is 7.89. The van der Waals surface area contributed by atoms with E-state index < -0.39 is 14.9 Å². The first-order valence-electron chi connectivity index (χ1n) is 7.06. The maximum atomic E-state index is 12.8. The van der Waals surface area contributed by atoms with Crippen LogP contribution in [0.4, 0.5) is 5.69 Å². The molecule has 0 amide bonds. The second-order valence-corrected chi connectivity index (χ2v) is 8.15. The SMILES string of the molecule is Cc1cc([N+](=O)[O-])cc(S(=O)(=O)N2CCC(C)(CN)C2)c1C.Cl. The van der Waals surface area contributed by atoms with E-state index in [0.717, 1.165) is 6.07 Å². The first kappa shape index (κ1) is 19.8. The van der Waals surface area contributed by atoms with Crippen molar-refractivity contribution in [2.45, 2.75) is 32.1 Å². The third-order valence-corrected chi connectivity index (χ3v) is 6.42. The van der Waals surface area contributed by atoms with Crippen LogP contribution in [-0.2, 0) is 10.0 Å². The summed E-state index contributed by atoms with van der Waals surface area (Å²) in [6.45, 7) is 6.43. The Morgan fingerprint density at radius 2 is 2.00 bits per heavy atom. The molecule has 0 bridgehead atoms. The van der Waals surface area contributed by atoms with Crippen LogP contribution in [0, 0.1) is 29.4 Å². The van der Waals surface area contributed by atoms with Crippen LogP contribution in [0.3, 0.4) is 0 Å². The van der Waals surface area contributed by atoms with Crippen molar-refractivity contribution in [2.75, 3.05) is 19.6 Å². The van der Waals surface area contributed by atoms with Gasteiger partial charge in [-0.1, -0.05) is 6.92 Å². The maximum absolute atomic E-state index is 12.8. The quantitative estimate of drug-likeness (QED) is 0.650. The van der Waals surface area contributed by atoms with E-state index in [-0.39, 0.29) is 28.4 Å². The van der Waals surface area contributed by atoms with Gasteiger partial charge < -0.3 is 5.73 Å². The van der Waals surface area contributed by atoms with Crippen molar-refractivity contribution >= 4 is 28.1 Å². The number of aryl methyl sites for hydroxylation is 1. The second kappa shape index (κ2) is 6.72. The molecule has 1 aliphatic rings. The summed E-state index contributed by atoms with van der Waals surface area (Å²) in [5.74, 6) is 0. The zero-order valence-electron chi connectivity index (χ0n) is 13.4. The number of nitrogens with zero attached hydrogens (tertiary/aromatic N) is 2. The fourth-order valence-corrected chi connectivity index (χ4v) is 4.58. The Bertz CT molecular complexity index is 723. The molecule has 9 heteroatoms. The Balaban J connectivity index is 0.00000264. The van der Waals surface area contributed by atoms with Crippen molar-refractivity contribution in [1.82, 2.24) is 4.31 Å². The second-order valence-electron chi connectivity index (χ2n) is 6.25. The molecule has 1 aromatic rings. The van der Waals surface area contributed by atoms with Crippen LogP contribution >= 0.6 is 12.4 Å². The van der Waals surface area contributed by atoms with Crippen molar-refractivity contribution in [3.63, 3.8) is 0 Å². The largest absolute Gasteiger partial charge is 0.330 e. The van der Waals surface area contributed by atoms with E-state index in [1.54, 1.807) is 13.8 Å². The summed E-state index contributed by atoms with van der Waals surface area (Å²) in [4.78, 5) is 10.4. The molecule has 130 valence electrons. The molecule has 0 saturated carbocycles. The van der Waals surface area contributed by atoms with Gasteiger partial charge in [-0.25, -0.2) is 8.42 Å². The summed E-state index contributed by atoms with van der Waals surface area (Å²) >= 11 is 0. The first-order valence-corrected chi connectivity index (χ1v) is 8.50. The highest BCUT2D eigenvalue weighted by Crippen LogP contribution is 2.35. The molecule has 0 aliphatic carbocycles. The predicted molar refractivity (Wildman–Crippen MR) is 90.4 cm³/mol. The van der Waals surface area contributed by atoms with Crippen LogP contribution in [0.5, 0.6) is 0 Å². The molecule has 0 aromatic heterocycles. The summed E-state index contributed by atoms with van der Waals surface area (Å²) in [5.41, 5.74) is 6.41. The Labute approximate surface area is 142 Å². The van der Waals surface area contributed by atoms with Gasteiger partial charge in [0, 0.05) is 25.2 Å². The summed E-state index contributed by atoms with van der Waals surface area (Å²) in [6.07, 6.45) is 0.690. The molecule has 1 aromatic carbocycles. The van der Waals surface area contributed by atoms with Crippen LogP contribution in [0.25, 0.3) is 0 Å². The number of nitrogens with two attached hydrogens (primary N) is 1. The lowest BCUT2D eigenvalue weighted by atomic mass is 9.90. The minimum absolute atomic E-state index is 0. The number of hydrogen-bond acceptors (Lipinski definition) is 5. The Morgan fingerprint density at radius 3 is 2.48 bits per heavy atom. The molecule has 0 radical (unpaired) electrons. The topological polar surface area (TPSA) is 107 Å². The van der Waals surface area contributed by atoms with Crippen molar-refractivity contribution in [3.05, 3.63) is 33.4 Å². The molecule has 1 heterocycles. The normalized spacial score (nSPS) is 21.9. The van der Waals surface area contributed by atoms with Gasteiger partial charge in [0.25, 0.3) is 5.69 Å². The summed E-state index contributed by atoms with van der Waals surface area (Å²) in [5, 5.41) is 11.0. The van der Waals surface area contributed by atoms with Crippen molar-refractivity contribution in [2.24, 2.45) is 11.1 Å². The summed E-state index contributed by atoms with van der Waals surface area (Å²) in [7, 11) is -3.76.